The van der Waals surface area contributed by atoms with Crippen molar-refractivity contribution in [3.05, 3.63) is 21.0 Å². The third-order valence-corrected chi connectivity index (χ3v) is 2.58. The lowest BCUT2D eigenvalue weighted by molar-refractivity contribution is -0.275. The first-order valence-corrected chi connectivity index (χ1v) is 5.29. The Labute approximate surface area is 107 Å². The number of carbonyl (C=O) groups is 1. The molecule has 8 heteroatoms. The normalized spacial score (nSPS) is 11.4. The maximum absolute atomic E-state index is 12.0. The van der Waals surface area contributed by atoms with Crippen LogP contribution in [-0.2, 0) is 0 Å². The van der Waals surface area contributed by atoms with E-state index < -0.39 is 17.4 Å². The van der Waals surface area contributed by atoms with E-state index in [9.17, 15) is 18.0 Å². The summed E-state index contributed by atoms with van der Waals surface area (Å²) in [6, 6.07) is 0.924. The van der Waals surface area contributed by atoms with Crippen LogP contribution in [0.5, 0.6) is 5.75 Å². The molecule has 0 bridgehead atoms. The molecule has 0 aliphatic carbocycles. The molecule has 1 heterocycles. The third-order valence-electron chi connectivity index (χ3n) is 1.56. The van der Waals surface area contributed by atoms with Gasteiger partial charge in [0.05, 0.1) is 11.3 Å². The first-order chi connectivity index (χ1) is 7.20. The quantitative estimate of drug-likeness (QED) is 0.459. The molecule has 1 aromatic rings. The summed E-state index contributed by atoms with van der Waals surface area (Å²) in [5.74, 6) is -0.531. The van der Waals surface area contributed by atoms with Crippen molar-refractivity contribution >= 4 is 39.4 Å². The minimum absolute atomic E-state index is 0.0309. The molecule has 0 fully saturated rings. The van der Waals surface area contributed by atoms with Crippen molar-refractivity contribution < 1.29 is 22.7 Å². The number of hydrogen-bond acceptors (Lipinski definition) is 3. The van der Waals surface area contributed by atoms with Gasteiger partial charge < -0.3 is 4.74 Å². The van der Waals surface area contributed by atoms with Gasteiger partial charge in [0.15, 0.2) is 5.75 Å². The summed E-state index contributed by atoms with van der Waals surface area (Å²) in [5.41, 5.74) is -0.0875. The zero-order chi connectivity index (χ0) is 12.5. The zero-order valence-electron chi connectivity index (χ0n) is 7.73. The largest absolute Gasteiger partial charge is 0.573 e. The van der Waals surface area contributed by atoms with Crippen molar-refractivity contribution in [3.8, 4) is 5.75 Å². The van der Waals surface area contributed by atoms with Crippen molar-refractivity contribution in [2.24, 2.45) is 0 Å². The van der Waals surface area contributed by atoms with Crippen molar-refractivity contribution in [3.63, 3.8) is 0 Å². The second-order valence-corrected chi connectivity index (χ2v) is 4.10. The van der Waals surface area contributed by atoms with E-state index in [1.165, 1.54) is 6.92 Å². The van der Waals surface area contributed by atoms with E-state index in [2.05, 4.69) is 9.72 Å². The van der Waals surface area contributed by atoms with Crippen LogP contribution >= 0.6 is 34.2 Å². The standard InChI is InChI=1S/C8H4ClF3INO2/c1-3-5(16-8(10,11)12)2-4(6(9)15)7(13)14-3/h2H,1H3. The van der Waals surface area contributed by atoms with Gasteiger partial charge in [0.2, 0.25) is 0 Å². The summed E-state index contributed by atoms with van der Waals surface area (Å²) in [4.78, 5) is 14.6. The number of alkyl halides is 3. The van der Waals surface area contributed by atoms with Gasteiger partial charge in [0, 0.05) is 0 Å². The number of nitrogens with zero attached hydrogens (tertiary/aromatic N) is 1. The monoisotopic (exact) mass is 365 g/mol. The van der Waals surface area contributed by atoms with Gasteiger partial charge in [0.1, 0.15) is 3.70 Å². The summed E-state index contributed by atoms with van der Waals surface area (Å²) in [6.45, 7) is 1.34. The number of hydrogen-bond donors (Lipinski definition) is 0. The fourth-order valence-electron chi connectivity index (χ4n) is 0.923. The Bertz CT molecular complexity index is 436. The molecule has 16 heavy (non-hydrogen) atoms. The molecule has 0 aliphatic rings. The summed E-state index contributed by atoms with van der Waals surface area (Å²) in [5, 5.41) is -0.885. The average Bonchev–Trinajstić information content (AvgIpc) is 2.07. The van der Waals surface area contributed by atoms with Gasteiger partial charge in [-0.2, -0.15) is 0 Å². The SMILES string of the molecule is Cc1nc(I)c(C(=O)Cl)cc1OC(F)(F)F. The number of carbonyl (C=O) groups excluding carboxylic acids is 1. The summed E-state index contributed by atoms with van der Waals surface area (Å²) >= 11 is 6.89. The number of pyridine rings is 1. The Morgan fingerprint density at radius 1 is 1.56 bits per heavy atom. The van der Waals surface area contributed by atoms with E-state index in [1.807, 2.05) is 0 Å². The highest BCUT2D eigenvalue weighted by atomic mass is 127. The number of aryl methyl sites for hydroxylation is 1. The Morgan fingerprint density at radius 2 is 2.12 bits per heavy atom. The van der Waals surface area contributed by atoms with E-state index in [-0.39, 0.29) is 15.0 Å². The summed E-state index contributed by atoms with van der Waals surface area (Å²) in [6.07, 6.45) is -4.83. The van der Waals surface area contributed by atoms with Crippen LogP contribution in [0.3, 0.4) is 0 Å². The Balaban J connectivity index is 3.20. The summed E-state index contributed by atoms with van der Waals surface area (Å²) in [7, 11) is 0. The smallest absolute Gasteiger partial charge is 0.404 e. The Hall–Kier alpha value is -0.570. The molecule has 0 saturated heterocycles. The van der Waals surface area contributed by atoms with Gasteiger partial charge >= 0.3 is 6.36 Å². The topological polar surface area (TPSA) is 39.2 Å². The highest BCUT2D eigenvalue weighted by Crippen LogP contribution is 2.28. The molecule has 0 N–H and O–H groups in total. The van der Waals surface area contributed by atoms with Crippen LogP contribution in [0.2, 0.25) is 0 Å². The first kappa shape index (κ1) is 13.5. The second-order valence-electron chi connectivity index (χ2n) is 2.73. The fraction of sp³-hybridized carbons (Fsp3) is 0.250. The molecule has 0 aliphatic heterocycles. The molecular weight excluding hydrogens is 361 g/mol. The minimum atomic E-state index is -4.83. The second kappa shape index (κ2) is 4.74. The highest BCUT2D eigenvalue weighted by molar-refractivity contribution is 14.1. The lowest BCUT2D eigenvalue weighted by Crippen LogP contribution is -2.18. The molecule has 0 radical (unpaired) electrons. The highest BCUT2D eigenvalue weighted by Gasteiger charge is 2.32. The molecule has 1 aromatic heterocycles. The minimum Gasteiger partial charge on any atom is -0.404 e. The van der Waals surface area contributed by atoms with E-state index in [0.717, 1.165) is 6.07 Å². The van der Waals surface area contributed by atoms with E-state index in [1.54, 1.807) is 22.6 Å². The van der Waals surface area contributed by atoms with Crippen LogP contribution in [0.1, 0.15) is 16.1 Å². The predicted octanol–water partition coefficient (Wildman–Crippen LogP) is 3.27. The van der Waals surface area contributed by atoms with Gasteiger partial charge in [-0.05, 0) is 47.2 Å². The maximum Gasteiger partial charge on any atom is 0.573 e. The van der Waals surface area contributed by atoms with E-state index in [0.29, 0.717) is 0 Å². The predicted molar refractivity (Wildman–Crippen MR) is 58.6 cm³/mol. The number of ether oxygens (including phenoxy) is 1. The molecule has 0 saturated carbocycles. The number of rotatable bonds is 2. The van der Waals surface area contributed by atoms with E-state index >= 15 is 0 Å². The fourth-order valence-corrected chi connectivity index (χ4v) is 1.99. The molecule has 0 atom stereocenters. The van der Waals surface area contributed by atoms with Gasteiger partial charge in [-0.15, -0.1) is 13.2 Å². The first-order valence-electron chi connectivity index (χ1n) is 3.83. The molecule has 88 valence electrons. The van der Waals surface area contributed by atoms with Gasteiger partial charge in [-0.1, -0.05) is 0 Å². The van der Waals surface area contributed by atoms with Crippen LogP contribution in [0.15, 0.2) is 6.07 Å². The average molecular weight is 365 g/mol. The maximum atomic E-state index is 12.0. The van der Waals surface area contributed by atoms with Crippen molar-refractivity contribution in [1.29, 1.82) is 0 Å². The van der Waals surface area contributed by atoms with Crippen molar-refractivity contribution in [2.75, 3.05) is 0 Å². The van der Waals surface area contributed by atoms with Crippen LogP contribution in [0, 0.1) is 10.6 Å². The lowest BCUT2D eigenvalue weighted by Gasteiger charge is -2.12. The molecule has 3 nitrogen and oxygen atoms in total. The molecular formula is C8H4ClF3INO2. The number of halogens is 5. The van der Waals surface area contributed by atoms with Crippen LogP contribution in [0.25, 0.3) is 0 Å². The Morgan fingerprint density at radius 3 is 2.56 bits per heavy atom. The van der Waals surface area contributed by atoms with Gasteiger partial charge in [0.25, 0.3) is 5.24 Å². The summed E-state index contributed by atoms with van der Waals surface area (Å²) < 4.78 is 39.9. The van der Waals surface area contributed by atoms with E-state index in [4.69, 9.17) is 11.6 Å². The lowest BCUT2D eigenvalue weighted by atomic mass is 10.2. The molecule has 0 aromatic carbocycles. The molecule has 0 spiro atoms. The third kappa shape index (κ3) is 3.48. The van der Waals surface area contributed by atoms with Gasteiger partial charge in [-0.25, -0.2) is 4.98 Å². The van der Waals surface area contributed by atoms with Crippen molar-refractivity contribution in [2.45, 2.75) is 13.3 Å². The zero-order valence-corrected chi connectivity index (χ0v) is 10.6. The van der Waals surface area contributed by atoms with Gasteiger partial charge in [-0.3, -0.25) is 4.79 Å². The molecule has 1 rings (SSSR count). The van der Waals surface area contributed by atoms with Crippen molar-refractivity contribution in [1.82, 2.24) is 4.98 Å². The van der Waals surface area contributed by atoms with Crippen LogP contribution < -0.4 is 4.74 Å². The number of aromatic nitrogens is 1. The van der Waals surface area contributed by atoms with Crippen LogP contribution in [0.4, 0.5) is 13.2 Å². The Kier molecular flexibility index (Phi) is 4.00. The van der Waals surface area contributed by atoms with Crippen LogP contribution in [-0.4, -0.2) is 16.6 Å². The molecule has 0 unspecified atom stereocenters. The molecule has 0 amide bonds.